The normalized spacial score (nSPS) is 24.6. The van der Waals surface area contributed by atoms with Crippen molar-refractivity contribution >= 4 is 9.84 Å². The highest BCUT2D eigenvalue weighted by atomic mass is 32.2. The monoisotopic (exact) mass is 255 g/mol. The molecule has 0 spiro atoms. The van der Waals surface area contributed by atoms with Crippen LogP contribution in [0.4, 0.5) is 0 Å². The van der Waals surface area contributed by atoms with Gasteiger partial charge in [-0.15, -0.1) is 0 Å². The first kappa shape index (κ1) is 12.5. The summed E-state index contributed by atoms with van der Waals surface area (Å²) in [5, 5.41) is 12.6. The number of rotatable bonds is 4. The predicted octanol–water partition coefficient (Wildman–Crippen LogP) is 0.497. The van der Waals surface area contributed by atoms with Crippen molar-refractivity contribution in [1.82, 2.24) is 5.32 Å². The molecule has 2 atom stereocenters. The minimum atomic E-state index is -2.88. The van der Waals surface area contributed by atoms with Crippen molar-refractivity contribution in [3.8, 4) is 0 Å². The molecule has 5 heteroatoms. The van der Waals surface area contributed by atoms with Crippen molar-refractivity contribution in [1.29, 1.82) is 0 Å². The minimum Gasteiger partial charge on any atom is -0.394 e. The van der Waals surface area contributed by atoms with E-state index in [-0.39, 0.29) is 30.2 Å². The number of aliphatic hydroxyl groups excluding tert-OH is 1. The van der Waals surface area contributed by atoms with Gasteiger partial charge in [-0.3, -0.25) is 0 Å². The van der Waals surface area contributed by atoms with E-state index < -0.39 is 9.84 Å². The summed E-state index contributed by atoms with van der Waals surface area (Å²) in [6, 6.07) is 9.36. The lowest BCUT2D eigenvalue weighted by molar-refractivity contribution is 0.235. The molecule has 0 bridgehead atoms. The van der Waals surface area contributed by atoms with Crippen molar-refractivity contribution in [2.75, 3.05) is 18.1 Å². The SMILES string of the molecule is O=S1(=O)CCC(N[C@@H](CO)c2ccccc2)C1. The Balaban J connectivity index is 2.02. The van der Waals surface area contributed by atoms with Crippen LogP contribution < -0.4 is 5.32 Å². The van der Waals surface area contributed by atoms with Crippen LogP contribution in [0.15, 0.2) is 30.3 Å². The highest BCUT2D eigenvalue weighted by Crippen LogP contribution is 2.17. The molecule has 1 aromatic rings. The Morgan fingerprint density at radius 2 is 2.06 bits per heavy atom. The summed E-state index contributed by atoms with van der Waals surface area (Å²) in [5.41, 5.74) is 0.985. The number of hydrogen-bond donors (Lipinski definition) is 2. The maximum absolute atomic E-state index is 11.3. The first-order valence-electron chi connectivity index (χ1n) is 5.73. The molecule has 0 radical (unpaired) electrons. The molecular weight excluding hydrogens is 238 g/mol. The average Bonchev–Trinajstić information content (AvgIpc) is 2.67. The maximum atomic E-state index is 11.3. The molecule has 2 N–H and O–H groups in total. The topological polar surface area (TPSA) is 66.4 Å². The van der Waals surface area contributed by atoms with Crippen LogP contribution in [-0.4, -0.2) is 37.7 Å². The molecule has 0 aromatic heterocycles. The zero-order valence-electron chi connectivity index (χ0n) is 9.54. The molecule has 4 nitrogen and oxygen atoms in total. The predicted molar refractivity (Wildman–Crippen MR) is 66.5 cm³/mol. The van der Waals surface area contributed by atoms with Crippen molar-refractivity contribution in [2.24, 2.45) is 0 Å². The van der Waals surface area contributed by atoms with Gasteiger partial charge in [-0.25, -0.2) is 8.42 Å². The lowest BCUT2D eigenvalue weighted by Gasteiger charge is -2.20. The Kier molecular flexibility index (Phi) is 3.81. The average molecular weight is 255 g/mol. The van der Waals surface area contributed by atoms with Crippen molar-refractivity contribution in [2.45, 2.75) is 18.5 Å². The van der Waals surface area contributed by atoms with Gasteiger partial charge in [0.15, 0.2) is 9.84 Å². The molecule has 94 valence electrons. The molecule has 0 saturated carbocycles. The quantitative estimate of drug-likeness (QED) is 0.822. The molecule has 1 fully saturated rings. The molecular formula is C12H17NO3S. The molecule has 1 aromatic carbocycles. The number of hydrogen-bond acceptors (Lipinski definition) is 4. The molecule has 0 amide bonds. The van der Waals surface area contributed by atoms with E-state index >= 15 is 0 Å². The minimum absolute atomic E-state index is 0.0272. The largest absolute Gasteiger partial charge is 0.394 e. The second kappa shape index (κ2) is 5.16. The molecule has 1 heterocycles. The van der Waals surface area contributed by atoms with Gasteiger partial charge >= 0.3 is 0 Å². The lowest BCUT2D eigenvalue weighted by Crippen LogP contribution is -2.35. The fraction of sp³-hybridized carbons (Fsp3) is 0.500. The van der Waals surface area contributed by atoms with Gasteiger partial charge in [0.25, 0.3) is 0 Å². The number of nitrogens with one attached hydrogen (secondary N) is 1. The zero-order chi connectivity index (χ0) is 12.3. The van der Waals surface area contributed by atoms with E-state index in [2.05, 4.69) is 5.32 Å². The van der Waals surface area contributed by atoms with Crippen LogP contribution in [0.3, 0.4) is 0 Å². The molecule has 2 rings (SSSR count). The molecule has 1 unspecified atom stereocenters. The highest BCUT2D eigenvalue weighted by Gasteiger charge is 2.29. The van der Waals surface area contributed by atoms with Gasteiger partial charge in [-0.05, 0) is 12.0 Å². The fourth-order valence-corrected chi connectivity index (χ4v) is 3.84. The fourth-order valence-electron chi connectivity index (χ4n) is 2.15. The molecule has 0 aliphatic carbocycles. The van der Waals surface area contributed by atoms with E-state index in [1.165, 1.54) is 0 Å². The van der Waals surface area contributed by atoms with Crippen LogP contribution in [-0.2, 0) is 9.84 Å². The van der Waals surface area contributed by atoms with Crippen LogP contribution >= 0.6 is 0 Å². The summed E-state index contributed by atoms with van der Waals surface area (Å²) in [6.45, 7) is -0.0272. The molecule has 1 aliphatic rings. The van der Waals surface area contributed by atoms with Gasteiger partial charge in [0, 0.05) is 6.04 Å². The highest BCUT2D eigenvalue weighted by molar-refractivity contribution is 7.91. The summed E-state index contributed by atoms with van der Waals surface area (Å²) in [7, 11) is -2.88. The van der Waals surface area contributed by atoms with Gasteiger partial charge in [0.05, 0.1) is 24.2 Å². The third-order valence-electron chi connectivity index (χ3n) is 3.05. The van der Waals surface area contributed by atoms with E-state index in [9.17, 15) is 13.5 Å². The van der Waals surface area contributed by atoms with Crippen molar-refractivity contribution < 1.29 is 13.5 Å². The molecule has 1 aliphatic heterocycles. The summed E-state index contributed by atoms with van der Waals surface area (Å²) >= 11 is 0. The molecule has 1 saturated heterocycles. The van der Waals surface area contributed by atoms with Gasteiger partial charge in [-0.1, -0.05) is 30.3 Å². The van der Waals surface area contributed by atoms with Crippen LogP contribution in [0.2, 0.25) is 0 Å². The summed E-state index contributed by atoms with van der Waals surface area (Å²) in [5.74, 6) is 0.425. The van der Waals surface area contributed by atoms with Gasteiger partial charge in [0.1, 0.15) is 0 Å². The third kappa shape index (κ3) is 3.28. The Morgan fingerprint density at radius 1 is 1.35 bits per heavy atom. The number of benzene rings is 1. The summed E-state index contributed by atoms with van der Waals surface area (Å²) < 4.78 is 22.7. The number of sulfone groups is 1. The summed E-state index contributed by atoms with van der Waals surface area (Å²) in [6.07, 6.45) is 0.631. The van der Waals surface area contributed by atoms with E-state index in [4.69, 9.17) is 0 Å². The second-order valence-electron chi connectivity index (χ2n) is 4.41. The first-order chi connectivity index (χ1) is 8.11. The standard InChI is InChI=1S/C12H17NO3S/c14-8-12(10-4-2-1-3-5-10)13-11-6-7-17(15,16)9-11/h1-5,11-14H,6-9H2/t11?,12-/m0/s1. The van der Waals surface area contributed by atoms with Crippen molar-refractivity contribution in [3.05, 3.63) is 35.9 Å². The molecule has 17 heavy (non-hydrogen) atoms. The van der Waals surface area contributed by atoms with Gasteiger partial charge in [-0.2, -0.15) is 0 Å². The zero-order valence-corrected chi connectivity index (χ0v) is 10.4. The summed E-state index contributed by atoms with van der Waals surface area (Å²) in [4.78, 5) is 0. The van der Waals surface area contributed by atoms with E-state index in [1.54, 1.807) is 0 Å². The Labute approximate surface area is 102 Å². The van der Waals surface area contributed by atoms with Crippen LogP contribution in [0.25, 0.3) is 0 Å². The first-order valence-corrected chi connectivity index (χ1v) is 7.55. The third-order valence-corrected chi connectivity index (χ3v) is 4.82. The Bertz CT molecular complexity index is 458. The van der Waals surface area contributed by atoms with Crippen LogP contribution in [0.5, 0.6) is 0 Å². The van der Waals surface area contributed by atoms with E-state index in [0.29, 0.717) is 6.42 Å². The van der Waals surface area contributed by atoms with Gasteiger partial charge in [0.2, 0.25) is 0 Å². The maximum Gasteiger partial charge on any atom is 0.151 e. The van der Waals surface area contributed by atoms with Gasteiger partial charge < -0.3 is 10.4 Å². The smallest absolute Gasteiger partial charge is 0.151 e. The lowest BCUT2D eigenvalue weighted by atomic mass is 10.1. The van der Waals surface area contributed by atoms with Crippen molar-refractivity contribution in [3.63, 3.8) is 0 Å². The van der Waals surface area contributed by atoms with E-state index in [1.807, 2.05) is 30.3 Å². The Hall–Kier alpha value is -0.910. The van der Waals surface area contributed by atoms with E-state index in [0.717, 1.165) is 5.56 Å². The van der Waals surface area contributed by atoms with Crippen LogP contribution in [0, 0.1) is 0 Å². The second-order valence-corrected chi connectivity index (χ2v) is 6.64. The Morgan fingerprint density at radius 3 is 2.59 bits per heavy atom. The number of aliphatic hydroxyl groups is 1. The van der Waals surface area contributed by atoms with Crippen LogP contribution in [0.1, 0.15) is 18.0 Å².